The van der Waals surface area contributed by atoms with Gasteiger partial charge in [0.15, 0.2) is 5.13 Å². The van der Waals surface area contributed by atoms with E-state index < -0.39 is 17.5 Å². The molecule has 3 N–H and O–H groups in total. The Labute approximate surface area is 119 Å². The maximum Gasteiger partial charge on any atom is 0.267 e. The van der Waals surface area contributed by atoms with Gasteiger partial charge in [0, 0.05) is 6.07 Å². The summed E-state index contributed by atoms with van der Waals surface area (Å²) in [7, 11) is 0. The van der Waals surface area contributed by atoms with Gasteiger partial charge in [-0.3, -0.25) is 4.79 Å². The van der Waals surface area contributed by atoms with Crippen molar-refractivity contribution in [2.24, 2.45) is 0 Å². The molecule has 1 amide bonds. The summed E-state index contributed by atoms with van der Waals surface area (Å²) in [5.41, 5.74) is 5.82. The van der Waals surface area contributed by atoms with Gasteiger partial charge in [0.25, 0.3) is 5.91 Å². The summed E-state index contributed by atoms with van der Waals surface area (Å²) in [6.45, 7) is 1.62. The smallest absolute Gasteiger partial charge is 0.267 e. The number of nitrogens with one attached hydrogen (secondary N) is 1. The number of nitrogen functional groups attached to an aromatic ring is 1. The van der Waals surface area contributed by atoms with Crippen LogP contribution in [0.2, 0.25) is 0 Å². The average molecular weight is 348 g/mol. The van der Waals surface area contributed by atoms with Gasteiger partial charge in [0.05, 0.1) is 15.9 Å². The highest BCUT2D eigenvalue weighted by molar-refractivity contribution is 9.10. The van der Waals surface area contributed by atoms with Crippen LogP contribution in [0.25, 0.3) is 0 Å². The number of nitrogens with zero attached hydrogens (tertiary/aromatic N) is 1. The summed E-state index contributed by atoms with van der Waals surface area (Å²) in [6.07, 6.45) is 0. The molecule has 4 nitrogen and oxygen atoms in total. The van der Waals surface area contributed by atoms with E-state index in [1.807, 2.05) is 0 Å². The number of aryl methyl sites for hydroxylation is 1. The van der Waals surface area contributed by atoms with Gasteiger partial charge in [-0.1, -0.05) is 11.3 Å². The standard InChI is InChI=1S/C11H8BrF2N3OS/c1-4-9(19-11(15)16-4)10(18)17-8-2-5(12)6(13)3-7(8)14/h2-3H,1H3,(H2,15,16)(H,17,18). The Morgan fingerprint density at radius 3 is 2.68 bits per heavy atom. The Morgan fingerprint density at radius 1 is 1.42 bits per heavy atom. The first-order valence-corrected chi connectivity index (χ1v) is 6.68. The van der Waals surface area contributed by atoms with Crippen LogP contribution in [-0.4, -0.2) is 10.9 Å². The summed E-state index contributed by atoms with van der Waals surface area (Å²) >= 11 is 3.92. The molecule has 0 spiro atoms. The van der Waals surface area contributed by atoms with Gasteiger partial charge in [-0.2, -0.15) is 0 Å². The summed E-state index contributed by atoms with van der Waals surface area (Å²) in [5, 5.41) is 2.61. The number of hydrogen-bond donors (Lipinski definition) is 2. The lowest BCUT2D eigenvalue weighted by molar-refractivity contribution is 0.102. The topological polar surface area (TPSA) is 68.0 Å². The van der Waals surface area contributed by atoms with E-state index in [0.717, 1.165) is 17.4 Å². The molecule has 0 unspecified atom stereocenters. The van der Waals surface area contributed by atoms with Crippen LogP contribution in [0.3, 0.4) is 0 Å². The Balaban J connectivity index is 2.29. The van der Waals surface area contributed by atoms with Gasteiger partial charge < -0.3 is 11.1 Å². The molecular formula is C11H8BrF2N3OS. The molecule has 0 saturated heterocycles. The van der Waals surface area contributed by atoms with E-state index >= 15 is 0 Å². The zero-order chi connectivity index (χ0) is 14.2. The molecule has 0 atom stereocenters. The maximum atomic E-state index is 13.5. The van der Waals surface area contributed by atoms with Gasteiger partial charge in [-0.15, -0.1) is 0 Å². The molecular weight excluding hydrogens is 340 g/mol. The molecule has 0 saturated carbocycles. The van der Waals surface area contributed by atoms with Crippen molar-refractivity contribution in [1.29, 1.82) is 0 Å². The van der Waals surface area contributed by atoms with E-state index in [0.29, 0.717) is 11.8 Å². The first-order valence-electron chi connectivity index (χ1n) is 5.07. The molecule has 0 aliphatic rings. The molecule has 0 radical (unpaired) electrons. The number of halogens is 3. The molecule has 2 aromatic rings. The summed E-state index contributed by atoms with van der Waals surface area (Å²) in [4.78, 5) is 16.1. The molecule has 19 heavy (non-hydrogen) atoms. The molecule has 0 aliphatic carbocycles. The second kappa shape index (κ2) is 5.22. The minimum atomic E-state index is -0.857. The van der Waals surface area contributed by atoms with E-state index in [2.05, 4.69) is 26.2 Å². The van der Waals surface area contributed by atoms with Crippen molar-refractivity contribution in [2.75, 3.05) is 11.1 Å². The van der Waals surface area contributed by atoms with E-state index in [-0.39, 0.29) is 20.2 Å². The summed E-state index contributed by atoms with van der Waals surface area (Å²) < 4.78 is 26.6. The molecule has 1 heterocycles. The summed E-state index contributed by atoms with van der Waals surface area (Å²) in [5.74, 6) is -2.14. The molecule has 8 heteroatoms. The van der Waals surface area contributed by atoms with Gasteiger partial charge >= 0.3 is 0 Å². The van der Waals surface area contributed by atoms with Crippen LogP contribution in [0, 0.1) is 18.6 Å². The Morgan fingerprint density at radius 2 is 2.11 bits per heavy atom. The zero-order valence-electron chi connectivity index (χ0n) is 9.63. The van der Waals surface area contributed by atoms with Crippen molar-refractivity contribution in [3.05, 3.63) is 38.8 Å². The molecule has 0 fully saturated rings. The van der Waals surface area contributed by atoms with Gasteiger partial charge in [0.1, 0.15) is 16.5 Å². The number of aromatic nitrogens is 1. The van der Waals surface area contributed by atoms with E-state index in [4.69, 9.17) is 5.73 Å². The van der Waals surface area contributed by atoms with Crippen molar-refractivity contribution in [3.63, 3.8) is 0 Å². The number of nitrogens with two attached hydrogens (primary N) is 1. The fourth-order valence-corrected chi connectivity index (χ4v) is 2.50. The molecule has 1 aromatic carbocycles. The minimum Gasteiger partial charge on any atom is -0.375 e. The van der Waals surface area contributed by atoms with Crippen molar-refractivity contribution in [1.82, 2.24) is 4.98 Å². The number of carbonyl (C=O) groups is 1. The van der Waals surface area contributed by atoms with Crippen LogP contribution in [0.15, 0.2) is 16.6 Å². The van der Waals surface area contributed by atoms with Crippen molar-refractivity contribution in [2.45, 2.75) is 6.92 Å². The lowest BCUT2D eigenvalue weighted by Crippen LogP contribution is -2.13. The first kappa shape index (κ1) is 13.9. The normalized spacial score (nSPS) is 10.5. The lowest BCUT2D eigenvalue weighted by Gasteiger charge is -2.06. The second-order valence-electron chi connectivity index (χ2n) is 3.67. The second-order valence-corrected chi connectivity index (χ2v) is 5.55. The molecule has 0 bridgehead atoms. The first-order chi connectivity index (χ1) is 8.88. The van der Waals surface area contributed by atoms with Crippen LogP contribution >= 0.6 is 27.3 Å². The van der Waals surface area contributed by atoms with Gasteiger partial charge in [0.2, 0.25) is 0 Å². The zero-order valence-corrected chi connectivity index (χ0v) is 12.0. The molecule has 0 aliphatic heterocycles. The Kier molecular flexibility index (Phi) is 3.81. The van der Waals surface area contributed by atoms with E-state index in [9.17, 15) is 13.6 Å². The van der Waals surface area contributed by atoms with Crippen LogP contribution in [0.5, 0.6) is 0 Å². The number of anilines is 2. The number of thiazole rings is 1. The predicted octanol–water partition coefficient (Wildman–Crippen LogP) is 3.33. The van der Waals surface area contributed by atoms with E-state index in [1.54, 1.807) is 6.92 Å². The molecule has 1 aromatic heterocycles. The quantitative estimate of drug-likeness (QED) is 0.818. The molecule has 100 valence electrons. The van der Waals surface area contributed by atoms with Crippen molar-refractivity contribution < 1.29 is 13.6 Å². The monoisotopic (exact) mass is 347 g/mol. The van der Waals surface area contributed by atoms with Crippen LogP contribution in [-0.2, 0) is 0 Å². The fraction of sp³-hybridized carbons (Fsp3) is 0.0909. The number of amides is 1. The molecule has 2 rings (SSSR count). The lowest BCUT2D eigenvalue weighted by atomic mass is 10.3. The maximum absolute atomic E-state index is 13.5. The number of benzene rings is 1. The van der Waals surface area contributed by atoms with Crippen molar-refractivity contribution >= 4 is 44.0 Å². The van der Waals surface area contributed by atoms with Crippen LogP contribution in [0.4, 0.5) is 19.6 Å². The Hall–Kier alpha value is -1.54. The highest BCUT2D eigenvalue weighted by Crippen LogP contribution is 2.26. The average Bonchev–Trinajstić information content (AvgIpc) is 2.65. The van der Waals surface area contributed by atoms with Crippen molar-refractivity contribution in [3.8, 4) is 0 Å². The number of carbonyl (C=O) groups excluding carboxylic acids is 1. The SMILES string of the molecule is Cc1nc(N)sc1C(=O)Nc1cc(Br)c(F)cc1F. The fourth-order valence-electron chi connectivity index (χ4n) is 1.43. The number of rotatable bonds is 2. The Bertz CT molecular complexity index is 660. The highest BCUT2D eigenvalue weighted by atomic mass is 79.9. The van der Waals surface area contributed by atoms with Crippen LogP contribution < -0.4 is 11.1 Å². The van der Waals surface area contributed by atoms with Gasteiger partial charge in [-0.25, -0.2) is 13.8 Å². The third-order valence-corrected chi connectivity index (χ3v) is 3.87. The van der Waals surface area contributed by atoms with Crippen LogP contribution in [0.1, 0.15) is 15.4 Å². The number of hydrogen-bond acceptors (Lipinski definition) is 4. The third-order valence-electron chi connectivity index (χ3n) is 2.28. The predicted molar refractivity (Wildman–Crippen MR) is 73.3 cm³/mol. The minimum absolute atomic E-state index is 0.0599. The third kappa shape index (κ3) is 2.90. The highest BCUT2D eigenvalue weighted by Gasteiger charge is 2.17. The van der Waals surface area contributed by atoms with Gasteiger partial charge in [-0.05, 0) is 28.9 Å². The summed E-state index contributed by atoms with van der Waals surface area (Å²) in [6, 6.07) is 1.84. The largest absolute Gasteiger partial charge is 0.375 e. The van der Waals surface area contributed by atoms with E-state index in [1.165, 1.54) is 0 Å².